The van der Waals surface area contributed by atoms with Gasteiger partial charge < -0.3 is 14.1 Å². The van der Waals surface area contributed by atoms with E-state index in [4.69, 9.17) is 20.8 Å². The lowest BCUT2D eigenvalue weighted by Gasteiger charge is -2.30. The molecule has 1 aromatic carbocycles. The quantitative estimate of drug-likeness (QED) is 0.850. The van der Waals surface area contributed by atoms with Gasteiger partial charge in [-0.1, -0.05) is 23.7 Å². The zero-order valence-electron chi connectivity index (χ0n) is 12.2. The molecule has 4 nitrogen and oxygen atoms in total. The molecule has 0 unspecified atom stereocenters. The molecule has 3 rings (SSSR count). The third-order valence-corrected chi connectivity index (χ3v) is 4.47. The summed E-state index contributed by atoms with van der Waals surface area (Å²) in [6.07, 6.45) is 1.98. The predicted octanol–water partition coefficient (Wildman–Crippen LogP) is 3.65. The van der Waals surface area contributed by atoms with Gasteiger partial charge in [-0.05, 0) is 25.8 Å². The molecule has 1 aliphatic rings. The van der Waals surface area contributed by atoms with E-state index in [0.29, 0.717) is 29.5 Å². The average molecular weight is 308 g/mol. The molecule has 0 N–H and O–H groups in total. The van der Waals surface area contributed by atoms with Crippen LogP contribution < -0.4 is 0 Å². The number of hydrogen-bond acceptors (Lipinski definition) is 3. The van der Waals surface area contributed by atoms with Gasteiger partial charge in [0.25, 0.3) is 5.91 Å². The van der Waals surface area contributed by atoms with Gasteiger partial charge in [0.2, 0.25) is 0 Å². The number of carbonyl (C=O) groups is 1. The number of rotatable bonds is 2. The van der Waals surface area contributed by atoms with E-state index in [0.717, 1.165) is 23.8 Å². The Morgan fingerprint density at radius 1 is 1.38 bits per heavy atom. The number of piperidine rings is 1. The number of aryl methyl sites for hydroxylation is 1. The fourth-order valence-corrected chi connectivity index (χ4v) is 3.06. The summed E-state index contributed by atoms with van der Waals surface area (Å²) in [5.41, 5.74) is 1.44. The van der Waals surface area contributed by atoms with Gasteiger partial charge in [0, 0.05) is 31.1 Å². The lowest BCUT2D eigenvalue weighted by atomic mass is 10.1. The number of benzene rings is 1. The summed E-state index contributed by atoms with van der Waals surface area (Å²) in [6, 6.07) is 5.56. The van der Waals surface area contributed by atoms with Crippen molar-refractivity contribution in [3.8, 4) is 0 Å². The van der Waals surface area contributed by atoms with Gasteiger partial charge in [-0.3, -0.25) is 4.79 Å². The number of ether oxygens (including phenoxy) is 1. The third-order valence-electron chi connectivity index (χ3n) is 4.17. The lowest BCUT2D eigenvalue weighted by Crippen LogP contribution is -2.40. The van der Waals surface area contributed by atoms with Crippen LogP contribution in [0.25, 0.3) is 11.0 Å². The first kappa shape index (κ1) is 14.4. The first-order valence-corrected chi connectivity index (χ1v) is 7.49. The Bertz CT molecular complexity index is 671. The molecule has 112 valence electrons. The minimum Gasteiger partial charge on any atom is -0.449 e. The highest BCUT2D eigenvalue weighted by molar-refractivity contribution is 6.35. The topological polar surface area (TPSA) is 42.7 Å². The molecule has 0 spiro atoms. The first-order chi connectivity index (χ1) is 10.1. The standard InChI is InChI=1S/C16H18ClNO3/c1-10-12-4-3-5-13(17)15(12)21-14(10)16(19)18-8-6-11(20-2)7-9-18/h3-5,11H,6-9H2,1-2H3. The number of para-hydroxylation sites is 1. The van der Waals surface area contributed by atoms with E-state index >= 15 is 0 Å². The second-order valence-electron chi connectivity index (χ2n) is 5.40. The van der Waals surface area contributed by atoms with Crippen molar-refractivity contribution >= 4 is 28.5 Å². The Hall–Kier alpha value is -1.52. The van der Waals surface area contributed by atoms with Crippen molar-refractivity contribution in [3.05, 3.63) is 34.5 Å². The van der Waals surface area contributed by atoms with Crippen molar-refractivity contribution in [1.29, 1.82) is 0 Å². The van der Waals surface area contributed by atoms with E-state index in [-0.39, 0.29) is 12.0 Å². The smallest absolute Gasteiger partial charge is 0.289 e. The Labute approximate surface area is 128 Å². The van der Waals surface area contributed by atoms with E-state index in [9.17, 15) is 4.79 Å². The largest absolute Gasteiger partial charge is 0.449 e. The number of carbonyl (C=O) groups excluding carboxylic acids is 1. The number of amides is 1. The summed E-state index contributed by atoms with van der Waals surface area (Å²) in [5, 5.41) is 1.44. The van der Waals surface area contributed by atoms with Crippen LogP contribution in [0.3, 0.4) is 0 Å². The molecule has 0 atom stereocenters. The minimum absolute atomic E-state index is 0.0608. The number of furan rings is 1. The van der Waals surface area contributed by atoms with Crippen molar-refractivity contribution < 1.29 is 13.9 Å². The molecule has 0 bridgehead atoms. The summed E-state index contributed by atoms with van der Waals surface area (Å²) in [5.74, 6) is 0.336. The number of hydrogen-bond donors (Lipinski definition) is 0. The molecule has 0 aliphatic carbocycles. The molecule has 21 heavy (non-hydrogen) atoms. The van der Waals surface area contributed by atoms with E-state index in [1.807, 2.05) is 24.0 Å². The van der Waals surface area contributed by atoms with Crippen LogP contribution in [0.4, 0.5) is 0 Å². The van der Waals surface area contributed by atoms with Gasteiger partial charge in [-0.15, -0.1) is 0 Å². The highest BCUT2D eigenvalue weighted by Crippen LogP contribution is 2.31. The van der Waals surface area contributed by atoms with Gasteiger partial charge in [0.15, 0.2) is 11.3 Å². The summed E-state index contributed by atoms with van der Waals surface area (Å²) in [6.45, 7) is 3.29. The molecule has 1 aromatic heterocycles. The predicted molar refractivity (Wildman–Crippen MR) is 81.9 cm³/mol. The molecule has 5 heteroatoms. The van der Waals surface area contributed by atoms with Gasteiger partial charge in [-0.25, -0.2) is 0 Å². The summed E-state index contributed by atoms with van der Waals surface area (Å²) < 4.78 is 11.1. The molecule has 2 heterocycles. The van der Waals surface area contributed by atoms with E-state index in [1.165, 1.54) is 0 Å². The van der Waals surface area contributed by atoms with Crippen molar-refractivity contribution in [2.24, 2.45) is 0 Å². The average Bonchev–Trinajstić information content (AvgIpc) is 2.85. The van der Waals surface area contributed by atoms with Gasteiger partial charge in [0.05, 0.1) is 11.1 Å². The normalized spacial score (nSPS) is 16.6. The van der Waals surface area contributed by atoms with Gasteiger partial charge >= 0.3 is 0 Å². The lowest BCUT2D eigenvalue weighted by molar-refractivity contribution is 0.0335. The molecule has 1 fully saturated rings. The third kappa shape index (κ3) is 2.54. The summed E-state index contributed by atoms with van der Waals surface area (Å²) in [7, 11) is 1.72. The number of methoxy groups -OCH3 is 1. The van der Waals surface area contributed by atoms with Crippen LogP contribution in [-0.4, -0.2) is 37.1 Å². The van der Waals surface area contributed by atoms with E-state index in [2.05, 4.69) is 0 Å². The van der Waals surface area contributed by atoms with Crippen LogP contribution in [0, 0.1) is 6.92 Å². The molecule has 1 amide bonds. The van der Waals surface area contributed by atoms with Gasteiger partial charge in [0.1, 0.15) is 0 Å². The Kier molecular flexibility index (Phi) is 3.91. The molecule has 0 radical (unpaired) electrons. The minimum atomic E-state index is -0.0608. The number of likely N-dealkylation sites (tertiary alicyclic amines) is 1. The molecule has 0 saturated carbocycles. The zero-order chi connectivity index (χ0) is 15.0. The Morgan fingerprint density at radius 3 is 2.71 bits per heavy atom. The van der Waals surface area contributed by atoms with Crippen LogP contribution in [-0.2, 0) is 4.74 Å². The Balaban J connectivity index is 1.89. The van der Waals surface area contributed by atoms with Crippen LogP contribution in [0.1, 0.15) is 29.0 Å². The maximum Gasteiger partial charge on any atom is 0.289 e. The van der Waals surface area contributed by atoms with Crippen molar-refractivity contribution in [2.45, 2.75) is 25.9 Å². The fraction of sp³-hybridized carbons (Fsp3) is 0.438. The first-order valence-electron chi connectivity index (χ1n) is 7.11. The number of nitrogens with zero attached hydrogens (tertiary/aromatic N) is 1. The van der Waals surface area contributed by atoms with Crippen molar-refractivity contribution in [1.82, 2.24) is 4.90 Å². The fourth-order valence-electron chi connectivity index (χ4n) is 2.85. The second-order valence-corrected chi connectivity index (χ2v) is 5.81. The maximum atomic E-state index is 12.6. The molecule has 1 aliphatic heterocycles. The Morgan fingerprint density at radius 2 is 2.10 bits per heavy atom. The SMILES string of the molecule is COC1CCN(C(=O)c2oc3c(Cl)cccc3c2C)CC1. The number of fused-ring (bicyclic) bond motifs is 1. The monoisotopic (exact) mass is 307 g/mol. The molecular formula is C16H18ClNO3. The second kappa shape index (κ2) is 5.70. The number of halogens is 1. The van der Waals surface area contributed by atoms with Crippen LogP contribution >= 0.6 is 11.6 Å². The molecular weight excluding hydrogens is 290 g/mol. The van der Waals surface area contributed by atoms with Gasteiger partial charge in [-0.2, -0.15) is 0 Å². The highest BCUT2D eigenvalue weighted by Gasteiger charge is 2.27. The van der Waals surface area contributed by atoms with Crippen molar-refractivity contribution in [2.75, 3.05) is 20.2 Å². The molecule has 1 saturated heterocycles. The van der Waals surface area contributed by atoms with E-state index < -0.39 is 0 Å². The zero-order valence-corrected chi connectivity index (χ0v) is 12.9. The van der Waals surface area contributed by atoms with Crippen LogP contribution in [0.2, 0.25) is 5.02 Å². The van der Waals surface area contributed by atoms with E-state index in [1.54, 1.807) is 13.2 Å². The maximum absolute atomic E-state index is 12.6. The van der Waals surface area contributed by atoms with Crippen molar-refractivity contribution in [3.63, 3.8) is 0 Å². The van der Waals surface area contributed by atoms with Crippen LogP contribution in [0.5, 0.6) is 0 Å². The summed E-state index contributed by atoms with van der Waals surface area (Å²) >= 11 is 6.14. The highest BCUT2D eigenvalue weighted by atomic mass is 35.5. The van der Waals surface area contributed by atoms with Crippen LogP contribution in [0.15, 0.2) is 22.6 Å². The summed E-state index contributed by atoms with van der Waals surface area (Å²) in [4.78, 5) is 14.5. The molecule has 2 aromatic rings.